The summed E-state index contributed by atoms with van der Waals surface area (Å²) >= 11 is 0. The van der Waals surface area contributed by atoms with E-state index in [0.717, 1.165) is 11.1 Å². The molecule has 3 aromatic carbocycles. The van der Waals surface area contributed by atoms with Gasteiger partial charge in [0.15, 0.2) is 0 Å². The first kappa shape index (κ1) is 27.3. The Kier molecular flexibility index (Phi) is 8.81. The van der Waals surface area contributed by atoms with Crippen LogP contribution < -0.4 is 15.4 Å². The number of hydrogen-bond donors (Lipinski definition) is 2. The number of nitrogens with zero attached hydrogens (tertiary/aromatic N) is 1. The van der Waals surface area contributed by atoms with Crippen LogP contribution in [0.5, 0.6) is 5.75 Å². The van der Waals surface area contributed by atoms with E-state index in [9.17, 15) is 18.0 Å². The molecule has 8 nitrogen and oxygen atoms in total. The Labute approximate surface area is 224 Å². The van der Waals surface area contributed by atoms with Crippen molar-refractivity contribution in [3.8, 4) is 5.75 Å². The molecule has 9 heteroatoms. The van der Waals surface area contributed by atoms with Crippen LogP contribution in [0.1, 0.15) is 30.9 Å². The topological polar surface area (TPSA) is 105 Å². The number of nitrogens with one attached hydrogen (secondary N) is 2. The van der Waals surface area contributed by atoms with Gasteiger partial charge < -0.3 is 15.4 Å². The van der Waals surface area contributed by atoms with Gasteiger partial charge in [-0.25, -0.2) is 8.42 Å². The molecular weight excluding hydrogens is 502 g/mol. The van der Waals surface area contributed by atoms with Crippen molar-refractivity contribution >= 4 is 27.5 Å². The molecule has 3 aromatic rings. The molecule has 200 valence electrons. The summed E-state index contributed by atoms with van der Waals surface area (Å²) < 4.78 is 33.0. The molecule has 0 unspecified atom stereocenters. The second kappa shape index (κ2) is 12.2. The molecule has 0 saturated carbocycles. The molecule has 1 heterocycles. The third-order valence-electron chi connectivity index (χ3n) is 6.61. The number of piperidine rings is 1. The Morgan fingerprint density at radius 3 is 2.21 bits per heavy atom. The molecule has 1 aliphatic heterocycles. The van der Waals surface area contributed by atoms with Crippen LogP contribution in [0.2, 0.25) is 0 Å². The summed E-state index contributed by atoms with van der Waals surface area (Å²) in [7, 11) is -3.59. The lowest BCUT2D eigenvalue weighted by Crippen LogP contribution is -2.47. The fourth-order valence-corrected chi connectivity index (χ4v) is 5.71. The van der Waals surface area contributed by atoms with Crippen LogP contribution in [0, 0.1) is 12.8 Å². The summed E-state index contributed by atoms with van der Waals surface area (Å²) in [6, 6.07) is 22.9. The lowest BCUT2D eigenvalue weighted by atomic mass is 9.97. The van der Waals surface area contributed by atoms with Crippen LogP contribution in [0.25, 0.3) is 0 Å². The van der Waals surface area contributed by atoms with E-state index in [-0.39, 0.29) is 35.7 Å². The maximum atomic E-state index is 12.9. The number of aryl methyl sites for hydroxylation is 1. The summed E-state index contributed by atoms with van der Waals surface area (Å²) in [5, 5.41) is 5.57. The maximum absolute atomic E-state index is 12.9. The number of sulfonamides is 1. The van der Waals surface area contributed by atoms with Crippen molar-refractivity contribution in [3.63, 3.8) is 0 Å². The Morgan fingerprint density at radius 2 is 1.58 bits per heavy atom. The van der Waals surface area contributed by atoms with Crippen molar-refractivity contribution in [2.75, 3.05) is 18.4 Å². The first-order chi connectivity index (χ1) is 18.2. The number of ether oxygens (including phenoxy) is 1. The lowest BCUT2D eigenvalue weighted by Gasteiger charge is -2.31. The van der Waals surface area contributed by atoms with Crippen molar-refractivity contribution in [3.05, 3.63) is 90.0 Å². The molecule has 0 radical (unpaired) electrons. The predicted octanol–water partition coefficient (Wildman–Crippen LogP) is 4.12. The van der Waals surface area contributed by atoms with E-state index in [2.05, 4.69) is 10.6 Å². The van der Waals surface area contributed by atoms with E-state index >= 15 is 0 Å². The average molecular weight is 536 g/mol. The molecule has 0 aliphatic carbocycles. The van der Waals surface area contributed by atoms with Crippen LogP contribution in [0.15, 0.2) is 83.8 Å². The van der Waals surface area contributed by atoms with Crippen LogP contribution >= 0.6 is 0 Å². The van der Waals surface area contributed by atoms with Crippen LogP contribution in [-0.2, 0) is 26.2 Å². The van der Waals surface area contributed by atoms with Crippen molar-refractivity contribution in [1.82, 2.24) is 9.62 Å². The van der Waals surface area contributed by atoms with E-state index in [4.69, 9.17) is 4.74 Å². The van der Waals surface area contributed by atoms with Gasteiger partial charge in [0.2, 0.25) is 21.8 Å². The van der Waals surface area contributed by atoms with E-state index in [0.29, 0.717) is 30.9 Å². The van der Waals surface area contributed by atoms with Crippen molar-refractivity contribution in [1.29, 1.82) is 0 Å². The van der Waals surface area contributed by atoms with Crippen molar-refractivity contribution in [2.45, 2.75) is 44.2 Å². The zero-order chi connectivity index (χ0) is 27.1. The van der Waals surface area contributed by atoms with Crippen molar-refractivity contribution < 1.29 is 22.7 Å². The molecule has 2 N–H and O–H groups in total. The molecule has 38 heavy (non-hydrogen) atoms. The first-order valence-corrected chi connectivity index (χ1v) is 14.1. The highest BCUT2D eigenvalue weighted by molar-refractivity contribution is 7.89. The molecule has 0 aromatic heterocycles. The lowest BCUT2D eigenvalue weighted by molar-refractivity contribution is -0.129. The quantitative estimate of drug-likeness (QED) is 0.429. The van der Waals surface area contributed by atoms with Crippen LogP contribution in [-0.4, -0.2) is 43.7 Å². The third-order valence-corrected chi connectivity index (χ3v) is 8.52. The predicted molar refractivity (Wildman–Crippen MR) is 146 cm³/mol. The summed E-state index contributed by atoms with van der Waals surface area (Å²) in [6.45, 7) is 4.50. The average Bonchev–Trinajstić information content (AvgIpc) is 2.93. The number of amides is 2. The number of carbonyl (C=O) groups excluding carboxylic acids is 2. The van der Waals surface area contributed by atoms with Crippen LogP contribution in [0.4, 0.5) is 5.69 Å². The minimum absolute atomic E-state index is 0.246. The molecule has 1 atom stereocenters. The Hall–Kier alpha value is -3.69. The van der Waals surface area contributed by atoms with E-state index in [1.54, 1.807) is 55.5 Å². The number of hydrogen-bond acceptors (Lipinski definition) is 5. The normalized spacial score (nSPS) is 15.4. The van der Waals surface area contributed by atoms with Crippen LogP contribution in [0.3, 0.4) is 0 Å². The fraction of sp³-hybridized carbons (Fsp3) is 0.310. The van der Waals surface area contributed by atoms with Gasteiger partial charge in [-0.1, -0.05) is 48.0 Å². The van der Waals surface area contributed by atoms with Gasteiger partial charge >= 0.3 is 0 Å². The molecule has 4 rings (SSSR count). The fourth-order valence-electron chi connectivity index (χ4n) is 4.24. The highest BCUT2D eigenvalue weighted by atomic mass is 32.2. The SMILES string of the molecule is Cc1ccc(S(=O)(=O)N2CCC(C(=O)N[C@H](C)C(=O)Nc3ccc(OCc4ccccc4)cc3)CC2)cc1. The van der Waals surface area contributed by atoms with Gasteiger partial charge in [-0.15, -0.1) is 0 Å². The minimum atomic E-state index is -3.59. The smallest absolute Gasteiger partial charge is 0.246 e. The van der Waals surface area contributed by atoms with Gasteiger partial charge in [-0.2, -0.15) is 4.31 Å². The van der Waals surface area contributed by atoms with Gasteiger partial charge in [-0.05, 0) is 68.7 Å². The second-order valence-corrected chi connectivity index (χ2v) is 11.4. The number of anilines is 1. The zero-order valence-corrected chi connectivity index (χ0v) is 22.4. The molecule has 1 fully saturated rings. The Bertz CT molecular complexity index is 1340. The van der Waals surface area contributed by atoms with Gasteiger partial charge in [0.05, 0.1) is 4.90 Å². The Morgan fingerprint density at radius 1 is 0.947 bits per heavy atom. The summed E-state index contributed by atoms with van der Waals surface area (Å²) in [5.41, 5.74) is 2.65. The number of benzene rings is 3. The summed E-state index contributed by atoms with van der Waals surface area (Å²) in [4.78, 5) is 25.7. The highest BCUT2D eigenvalue weighted by Crippen LogP contribution is 2.24. The minimum Gasteiger partial charge on any atom is -0.489 e. The molecule has 2 amide bonds. The largest absolute Gasteiger partial charge is 0.489 e. The van der Waals surface area contributed by atoms with Gasteiger partial charge in [0, 0.05) is 24.7 Å². The highest BCUT2D eigenvalue weighted by Gasteiger charge is 2.32. The van der Waals surface area contributed by atoms with Gasteiger partial charge in [-0.3, -0.25) is 9.59 Å². The number of carbonyl (C=O) groups is 2. The summed E-state index contributed by atoms with van der Waals surface area (Å²) in [6.07, 6.45) is 0.797. The molecule has 0 spiro atoms. The van der Waals surface area contributed by atoms with Gasteiger partial charge in [0.1, 0.15) is 18.4 Å². The monoisotopic (exact) mass is 535 g/mol. The first-order valence-electron chi connectivity index (χ1n) is 12.7. The number of rotatable bonds is 9. The molecular formula is C29H33N3O5S. The molecule has 1 aliphatic rings. The van der Waals surface area contributed by atoms with E-state index in [1.807, 2.05) is 37.3 Å². The van der Waals surface area contributed by atoms with Crippen molar-refractivity contribution in [2.24, 2.45) is 5.92 Å². The maximum Gasteiger partial charge on any atom is 0.246 e. The Balaban J connectivity index is 1.23. The molecule has 0 bridgehead atoms. The second-order valence-electron chi connectivity index (χ2n) is 9.51. The summed E-state index contributed by atoms with van der Waals surface area (Å²) in [5.74, 6) is -0.250. The third kappa shape index (κ3) is 6.99. The zero-order valence-electron chi connectivity index (χ0n) is 21.6. The standard InChI is InChI=1S/C29H33N3O5S/c1-21-8-14-27(15-9-21)38(35,36)32-18-16-24(17-19-32)29(34)30-22(2)28(33)31-25-10-12-26(13-11-25)37-20-23-6-4-3-5-7-23/h3-15,22,24H,16-20H2,1-2H3,(H,30,34)(H,31,33)/t22-/m1/s1. The van der Waals surface area contributed by atoms with Gasteiger partial charge in [0.25, 0.3) is 0 Å². The van der Waals surface area contributed by atoms with E-state index < -0.39 is 16.1 Å². The van der Waals surface area contributed by atoms with E-state index in [1.165, 1.54) is 4.31 Å². The molecule has 1 saturated heterocycles.